The Kier molecular flexibility index (Phi) is 6.88. The van der Waals surface area contributed by atoms with E-state index in [-0.39, 0.29) is 5.91 Å². The first kappa shape index (κ1) is 21.0. The summed E-state index contributed by atoms with van der Waals surface area (Å²) >= 11 is 19.0. The van der Waals surface area contributed by atoms with Crippen molar-refractivity contribution in [2.45, 2.75) is 6.92 Å². The summed E-state index contributed by atoms with van der Waals surface area (Å²) in [5.41, 5.74) is 1.83. The number of benzene rings is 2. The van der Waals surface area contributed by atoms with Gasteiger partial charge in [0.05, 0.1) is 15.0 Å². The van der Waals surface area contributed by atoms with Crippen molar-refractivity contribution in [3.8, 4) is 11.5 Å². The number of carbonyl (C=O) groups excluding carboxylic acids is 1. The predicted octanol–water partition coefficient (Wildman–Crippen LogP) is 5.59. The fourth-order valence-electron chi connectivity index (χ4n) is 2.51. The van der Waals surface area contributed by atoms with Gasteiger partial charge in [0.15, 0.2) is 5.75 Å². The Balaban J connectivity index is 1.64. The zero-order chi connectivity index (χ0) is 20.3. The molecule has 0 radical (unpaired) electrons. The maximum atomic E-state index is 12.1. The van der Waals surface area contributed by atoms with Gasteiger partial charge in [0.1, 0.15) is 23.3 Å². The molecule has 2 aromatic carbocycles. The van der Waals surface area contributed by atoms with Gasteiger partial charge in [0.25, 0.3) is 5.91 Å². The van der Waals surface area contributed by atoms with E-state index in [4.69, 9.17) is 44.9 Å². The molecule has 0 spiro atoms. The highest BCUT2D eigenvalue weighted by Crippen LogP contribution is 2.37. The van der Waals surface area contributed by atoms with Crippen molar-refractivity contribution in [1.82, 2.24) is 4.90 Å². The molecule has 0 saturated carbocycles. The van der Waals surface area contributed by atoms with Crippen molar-refractivity contribution in [2.24, 2.45) is 0 Å². The minimum Gasteiger partial charge on any atom is -0.490 e. The van der Waals surface area contributed by atoms with Gasteiger partial charge in [-0.15, -0.1) is 0 Å². The van der Waals surface area contributed by atoms with Gasteiger partial charge in [-0.3, -0.25) is 9.69 Å². The first-order valence-electron chi connectivity index (χ1n) is 8.38. The Bertz CT molecular complexity index is 939. The molecule has 0 N–H and O–H groups in total. The van der Waals surface area contributed by atoms with Crippen molar-refractivity contribution in [3.05, 3.63) is 62.5 Å². The highest BCUT2D eigenvalue weighted by molar-refractivity contribution is 8.26. The van der Waals surface area contributed by atoms with Gasteiger partial charge >= 0.3 is 0 Å². The van der Waals surface area contributed by atoms with Crippen LogP contribution in [-0.2, 0) is 4.79 Å². The standard InChI is InChI=1S/C20H17Cl2NO3S2/c1-12-4-3-5-14(8-12)25-6-7-26-18-15(21)9-13(10-16(18)22)11-17-19(24)23(2)20(27)28-17/h3-5,8-11H,6-7H2,1-2H3/b17-11-. The number of halogens is 2. The maximum Gasteiger partial charge on any atom is 0.265 e. The molecule has 0 unspecified atom stereocenters. The number of aryl methyl sites for hydroxylation is 1. The largest absolute Gasteiger partial charge is 0.490 e. The molecular weight excluding hydrogens is 437 g/mol. The Morgan fingerprint density at radius 1 is 1.14 bits per heavy atom. The molecule has 0 aromatic heterocycles. The lowest BCUT2D eigenvalue weighted by molar-refractivity contribution is -0.121. The molecule has 0 aliphatic carbocycles. The molecule has 28 heavy (non-hydrogen) atoms. The Labute approximate surface area is 183 Å². The molecule has 0 atom stereocenters. The quantitative estimate of drug-likeness (QED) is 0.323. The van der Waals surface area contributed by atoms with E-state index in [0.717, 1.165) is 11.3 Å². The van der Waals surface area contributed by atoms with Crippen molar-refractivity contribution >= 4 is 63.5 Å². The zero-order valence-electron chi connectivity index (χ0n) is 15.2. The van der Waals surface area contributed by atoms with Crippen LogP contribution < -0.4 is 9.47 Å². The van der Waals surface area contributed by atoms with Crippen LogP contribution in [0, 0.1) is 6.92 Å². The monoisotopic (exact) mass is 453 g/mol. The third kappa shape index (κ3) is 5.00. The van der Waals surface area contributed by atoms with Crippen molar-refractivity contribution < 1.29 is 14.3 Å². The number of amides is 1. The second kappa shape index (κ2) is 9.18. The Morgan fingerprint density at radius 2 is 1.82 bits per heavy atom. The van der Waals surface area contributed by atoms with Gasteiger partial charge in [0, 0.05) is 7.05 Å². The first-order valence-corrected chi connectivity index (χ1v) is 10.4. The first-order chi connectivity index (χ1) is 13.3. The fraction of sp³-hybridized carbons (Fsp3) is 0.200. The summed E-state index contributed by atoms with van der Waals surface area (Å²) in [5.74, 6) is 1.02. The summed E-state index contributed by atoms with van der Waals surface area (Å²) < 4.78 is 11.9. The Hall–Kier alpha value is -1.73. The number of carbonyl (C=O) groups is 1. The summed E-state index contributed by atoms with van der Waals surface area (Å²) in [7, 11) is 1.65. The summed E-state index contributed by atoms with van der Waals surface area (Å²) in [4.78, 5) is 14.1. The average Bonchev–Trinajstić information content (AvgIpc) is 2.87. The van der Waals surface area contributed by atoms with Crippen molar-refractivity contribution in [3.63, 3.8) is 0 Å². The number of rotatable bonds is 6. The molecule has 1 amide bonds. The molecule has 1 heterocycles. The average molecular weight is 454 g/mol. The number of likely N-dealkylation sites (N-methyl/N-ethyl adjacent to an activating group) is 1. The van der Waals surface area contributed by atoms with E-state index in [1.165, 1.54) is 16.7 Å². The second-order valence-electron chi connectivity index (χ2n) is 6.07. The third-order valence-electron chi connectivity index (χ3n) is 3.89. The molecule has 8 heteroatoms. The van der Waals surface area contributed by atoms with Gasteiger partial charge in [-0.25, -0.2) is 0 Å². The molecule has 1 aliphatic rings. The highest BCUT2D eigenvalue weighted by atomic mass is 35.5. The van der Waals surface area contributed by atoms with Gasteiger partial charge in [0.2, 0.25) is 0 Å². The smallest absolute Gasteiger partial charge is 0.265 e. The van der Waals surface area contributed by atoms with Crippen molar-refractivity contribution in [1.29, 1.82) is 0 Å². The Morgan fingerprint density at radius 3 is 2.43 bits per heavy atom. The highest BCUT2D eigenvalue weighted by Gasteiger charge is 2.28. The molecule has 0 bridgehead atoms. The normalized spacial score (nSPS) is 15.4. The zero-order valence-corrected chi connectivity index (χ0v) is 18.3. The maximum absolute atomic E-state index is 12.1. The van der Waals surface area contributed by atoms with Crippen LogP contribution in [0.5, 0.6) is 11.5 Å². The van der Waals surface area contributed by atoms with E-state index in [1.54, 1.807) is 25.3 Å². The molecule has 1 saturated heterocycles. The number of nitrogens with zero attached hydrogens (tertiary/aromatic N) is 1. The molecular formula is C20H17Cl2NO3S2. The van der Waals surface area contributed by atoms with Gasteiger partial charge in [-0.05, 0) is 48.4 Å². The molecule has 4 nitrogen and oxygen atoms in total. The van der Waals surface area contributed by atoms with Crippen LogP contribution in [-0.4, -0.2) is 35.4 Å². The van der Waals surface area contributed by atoms with E-state index in [1.807, 2.05) is 31.2 Å². The van der Waals surface area contributed by atoms with Crippen molar-refractivity contribution in [2.75, 3.05) is 20.3 Å². The third-order valence-corrected chi connectivity index (χ3v) is 5.94. The summed E-state index contributed by atoms with van der Waals surface area (Å²) in [6.45, 7) is 2.65. The lowest BCUT2D eigenvalue weighted by atomic mass is 10.2. The molecule has 146 valence electrons. The molecule has 1 fully saturated rings. The van der Waals surface area contributed by atoms with E-state index < -0.39 is 0 Å². The minimum atomic E-state index is -0.143. The predicted molar refractivity (Wildman–Crippen MR) is 120 cm³/mol. The van der Waals surface area contributed by atoms with Gasteiger partial charge < -0.3 is 9.47 Å². The summed E-state index contributed by atoms with van der Waals surface area (Å²) in [6.07, 6.45) is 1.71. The van der Waals surface area contributed by atoms with Crippen LogP contribution in [0.4, 0.5) is 0 Å². The van der Waals surface area contributed by atoms with Crippen LogP contribution in [0.3, 0.4) is 0 Å². The topological polar surface area (TPSA) is 38.8 Å². The van der Waals surface area contributed by atoms with Gasteiger partial charge in [-0.1, -0.05) is 59.3 Å². The number of hydrogen-bond donors (Lipinski definition) is 0. The second-order valence-corrected chi connectivity index (χ2v) is 8.56. The van der Waals surface area contributed by atoms with Crippen LogP contribution in [0.25, 0.3) is 6.08 Å². The SMILES string of the molecule is Cc1cccc(OCCOc2c(Cl)cc(/C=C3\SC(=S)N(C)C3=O)cc2Cl)c1. The minimum absolute atomic E-state index is 0.143. The van der Waals surface area contributed by atoms with Crippen LogP contribution in [0.15, 0.2) is 41.3 Å². The molecule has 1 aliphatic heterocycles. The van der Waals surface area contributed by atoms with Crippen LogP contribution in [0.1, 0.15) is 11.1 Å². The molecule has 2 aromatic rings. The lowest BCUT2D eigenvalue weighted by Crippen LogP contribution is -2.22. The van der Waals surface area contributed by atoms with Crippen LogP contribution >= 0.6 is 47.2 Å². The fourth-order valence-corrected chi connectivity index (χ4v) is 4.30. The van der Waals surface area contributed by atoms with E-state index >= 15 is 0 Å². The summed E-state index contributed by atoms with van der Waals surface area (Å²) in [5, 5.41) is 0.725. The van der Waals surface area contributed by atoms with Gasteiger partial charge in [-0.2, -0.15) is 0 Å². The van der Waals surface area contributed by atoms with E-state index in [2.05, 4.69) is 0 Å². The summed E-state index contributed by atoms with van der Waals surface area (Å²) in [6, 6.07) is 11.2. The number of hydrogen-bond acceptors (Lipinski definition) is 5. The lowest BCUT2D eigenvalue weighted by Gasteiger charge is -2.12. The number of thiocarbonyl (C=S) groups is 1. The van der Waals surface area contributed by atoms with Crippen LogP contribution in [0.2, 0.25) is 10.0 Å². The van der Waals surface area contributed by atoms with E-state index in [9.17, 15) is 4.79 Å². The molecule has 3 rings (SSSR count). The number of ether oxygens (including phenoxy) is 2. The number of thioether (sulfide) groups is 1. The van der Waals surface area contributed by atoms with E-state index in [0.29, 0.717) is 43.8 Å².